The number of hydrogen-bond donors (Lipinski definition) is 3. The van der Waals surface area contributed by atoms with Gasteiger partial charge in [-0.15, -0.1) is 23.7 Å². The van der Waals surface area contributed by atoms with Crippen LogP contribution in [0.2, 0.25) is 0 Å². The molecule has 1 aromatic heterocycles. The maximum Gasteiger partial charge on any atom is 0.261 e. The SMILES string of the molecule is CNS(=O)(=O)c1csc(C(=O)NCCNCCOC)c1.Cl. The first-order valence-electron chi connectivity index (χ1n) is 6.01. The van der Waals surface area contributed by atoms with Gasteiger partial charge in [-0.1, -0.05) is 0 Å². The minimum Gasteiger partial charge on any atom is -0.383 e. The zero-order valence-corrected chi connectivity index (χ0v) is 14.3. The number of rotatable bonds is 9. The zero-order chi connectivity index (χ0) is 15.0. The van der Waals surface area contributed by atoms with Crippen LogP contribution >= 0.6 is 23.7 Å². The van der Waals surface area contributed by atoms with Gasteiger partial charge < -0.3 is 15.4 Å². The molecule has 3 N–H and O–H groups in total. The Morgan fingerprint density at radius 2 is 2.05 bits per heavy atom. The average molecular weight is 358 g/mol. The summed E-state index contributed by atoms with van der Waals surface area (Å²) in [5.74, 6) is -0.277. The monoisotopic (exact) mass is 357 g/mol. The van der Waals surface area contributed by atoms with Gasteiger partial charge in [0.2, 0.25) is 10.0 Å². The summed E-state index contributed by atoms with van der Waals surface area (Å²) in [7, 11) is -0.538. The second-order valence-corrected chi connectivity index (χ2v) is 6.65. The molecule has 1 heterocycles. The van der Waals surface area contributed by atoms with E-state index >= 15 is 0 Å². The maximum atomic E-state index is 11.8. The lowest BCUT2D eigenvalue weighted by Gasteiger charge is -2.05. The quantitative estimate of drug-likeness (QED) is 0.542. The minimum absolute atomic E-state index is 0. The molecule has 0 aliphatic carbocycles. The molecule has 122 valence electrons. The number of nitrogens with one attached hydrogen (secondary N) is 3. The van der Waals surface area contributed by atoms with E-state index in [9.17, 15) is 13.2 Å². The molecule has 0 saturated heterocycles. The molecule has 0 atom stereocenters. The molecular weight excluding hydrogens is 338 g/mol. The lowest BCUT2D eigenvalue weighted by molar-refractivity contribution is 0.0957. The van der Waals surface area contributed by atoms with Gasteiger partial charge in [-0.05, 0) is 13.1 Å². The van der Waals surface area contributed by atoms with Gasteiger partial charge in [0.1, 0.15) is 0 Å². The van der Waals surface area contributed by atoms with Gasteiger partial charge in [0.05, 0.1) is 16.4 Å². The molecule has 10 heteroatoms. The van der Waals surface area contributed by atoms with E-state index in [0.717, 1.165) is 17.9 Å². The second-order valence-electron chi connectivity index (χ2n) is 3.85. The van der Waals surface area contributed by atoms with Crippen molar-refractivity contribution in [3.8, 4) is 0 Å². The van der Waals surface area contributed by atoms with Crippen molar-refractivity contribution >= 4 is 39.7 Å². The maximum absolute atomic E-state index is 11.8. The van der Waals surface area contributed by atoms with Gasteiger partial charge >= 0.3 is 0 Å². The molecular formula is C11H20ClN3O4S2. The van der Waals surface area contributed by atoms with Gasteiger partial charge in [-0.3, -0.25) is 4.79 Å². The summed E-state index contributed by atoms with van der Waals surface area (Å²) in [6.07, 6.45) is 0. The predicted octanol–water partition coefficient (Wildman–Crippen LogP) is 0.0438. The van der Waals surface area contributed by atoms with E-state index in [4.69, 9.17) is 4.74 Å². The van der Waals surface area contributed by atoms with Crippen LogP contribution in [-0.4, -0.2) is 54.7 Å². The summed E-state index contributed by atoms with van der Waals surface area (Å²) in [6.45, 7) is 2.43. The van der Waals surface area contributed by atoms with E-state index in [2.05, 4.69) is 15.4 Å². The van der Waals surface area contributed by atoms with Crippen molar-refractivity contribution in [2.45, 2.75) is 4.90 Å². The third-order valence-electron chi connectivity index (χ3n) is 2.45. The number of hydrogen-bond acceptors (Lipinski definition) is 6. The number of thiophene rings is 1. The van der Waals surface area contributed by atoms with Crippen LogP contribution in [0.1, 0.15) is 9.67 Å². The molecule has 1 amide bonds. The van der Waals surface area contributed by atoms with Crippen LogP contribution in [-0.2, 0) is 14.8 Å². The third kappa shape index (κ3) is 6.72. The fourth-order valence-corrected chi connectivity index (χ4v) is 3.27. The van der Waals surface area contributed by atoms with Crippen LogP contribution in [0.3, 0.4) is 0 Å². The summed E-state index contributed by atoms with van der Waals surface area (Å²) < 4.78 is 30.2. The Balaban J connectivity index is 0.00000400. The Morgan fingerprint density at radius 1 is 1.33 bits per heavy atom. The average Bonchev–Trinajstić information content (AvgIpc) is 2.93. The molecule has 0 fully saturated rings. The molecule has 1 rings (SSSR count). The number of halogens is 1. The standard InChI is InChI=1S/C11H19N3O4S2.ClH/c1-12-20(16,17)9-7-10(19-8-9)11(15)14-4-3-13-5-6-18-2;/h7-8,12-13H,3-6H2,1-2H3,(H,14,15);1H. The van der Waals surface area contributed by atoms with Crippen LogP contribution < -0.4 is 15.4 Å². The third-order valence-corrected chi connectivity index (χ3v) is 4.92. The summed E-state index contributed by atoms with van der Waals surface area (Å²) in [5.41, 5.74) is 0. The Morgan fingerprint density at radius 3 is 2.67 bits per heavy atom. The summed E-state index contributed by atoms with van der Waals surface area (Å²) >= 11 is 1.10. The highest BCUT2D eigenvalue weighted by Gasteiger charge is 2.16. The van der Waals surface area contributed by atoms with Gasteiger partial charge in [0.15, 0.2) is 0 Å². The van der Waals surface area contributed by atoms with Crippen LogP contribution in [0.5, 0.6) is 0 Å². The van der Waals surface area contributed by atoms with Crippen LogP contribution in [0.15, 0.2) is 16.3 Å². The Bertz CT molecular complexity index is 533. The van der Waals surface area contributed by atoms with Gasteiger partial charge in [0, 0.05) is 32.1 Å². The molecule has 0 radical (unpaired) electrons. The molecule has 0 spiro atoms. The largest absolute Gasteiger partial charge is 0.383 e. The number of carbonyl (C=O) groups is 1. The molecule has 1 aromatic rings. The molecule has 7 nitrogen and oxygen atoms in total. The van der Waals surface area contributed by atoms with Gasteiger partial charge in [-0.2, -0.15) is 0 Å². The van der Waals surface area contributed by atoms with Crippen LogP contribution in [0, 0.1) is 0 Å². The van der Waals surface area contributed by atoms with Crippen LogP contribution in [0.25, 0.3) is 0 Å². The van der Waals surface area contributed by atoms with Crippen molar-refractivity contribution in [2.24, 2.45) is 0 Å². The van der Waals surface area contributed by atoms with Gasteiger partial charge in [-0.25, -0.2) is 13.1 Å². The number of ether oxygens (including phenoxy) is 1. The molecule has 0 unspecified atom stereocenters. The van der Waals surface area contributed by atoms with Crippen molar-refractivity contribution < 1.29 is 17.9 Å². The normalized spacial score (nSPS) is 11.0. The molecule has 0 aliphatic rings. The first-order chi connectivity index (χ1) is 9.51. The molecule has 0 saturated carbocycles. The number of amides is 1. The minimum atomic E-state index is -3.49. The number of methoxy groups -OCH3 is 1. The first-order valence-corrected chi connectivity index (χ1v) is 8.37. The van der Waals surface area contributed by atoms with Crippen molar-refractivity contribution in [2.75, 3.05) is 40.4 Å². The van der Waals surface area contributed by atoms with E-state index in [-0.39, 0.29) is 23.2 Å². The Kier molecular flexibility index (Phi) is 9.75. The smallest absolute Gasteiger partial charge is 0.261 e. The topological polar surface area (TPSA) is 96.5 Å². The summed E-state index contributed by atoms with van der Waals surface area (Å²) in [6, 6.07) is 1.37. The number of carbonyl (C=O) groups excluding carboxylic acids is 1. The number of sulfonamides is 1. The second kappa shape index (κ2) is 10.1. The lowest BCUT2D eigenvalue weighted by atomic mass is 10.4. The van der Waals surface area contributed by atoms with Crippen LogP contribution in [0.4, 0.5) is 0 Å². The Hall–Kier alpha value is -0.710. The highest BCUT2D eigenvalue weighted by molar-refractivity contribution is 7.89. The summed E-state index contributed by atoms with van der Waals surface area (Å²) in [4.78, 5) is 12.3. The molecule has 0 bridgehead atoms. The zero-order valence-electron chi connectivity index (χ0n) is 11.8. The molecule has 21 heavy (non-hydrogen) atoms. The molecule has 0 aliphatic heterocycles. The van der Waals surface area contributed by atoms with Crippen molar-refractivity contribution in [3.63, 3.8) is 0 Å². The highest BCUT2D eigenvalue weighted by atomic mass is 35.5. The van der Waals surface area contributed by atoms with E-state index in [1.54, 1.807) is 7.11 Å². The fraction of sp³-hybridized carbons (Fsp3) is 0.545. The van der Waals surface area contributed by atoms with E-state index in [1.807, 2.05) is 0 Å². The first kappa shape index (κ1) is 20.3. The van der Waals surface area contributed by atoms with Crippen molar-refractivity contribution in [1.82, 2.24) is 15.4 Å². The highest BCUT2D eigenvalue weighted by Crippen LogP contribution is 2.18. The van der Waals surface area contributed by atoms with Crippen molar-refractivity contribution in [3.05, 3.63) is 16.3 Å². The fourth-order valence-electron chi connectivity index (χ4n) is 1.35. The van der Waals surface area contributed by atoms with E-state index in [0.29, 0.717) is 24.6 Å². The predicted molar refractivity (Wildman–Crippen MR) is 84.9 cm³/mol. The van der Waals surface area contributed by atoms with Gasteiger partial charge in [0.25, 0.3) is 5.91 Å². The lowest BCUT2D eigenvalue weighted by Crippen LogP contribution is -2.32. The van der Waals surface area contributed by atoms with E-state index in [1.165, 1.54) is 18.5 Å². The Labute approximate surface area is 134 Å². The van der Waals surface area contributed by atoms with Crippen molar-refractivity contribution in [1.29, 1.82) is 0 Å². The molecule has 0 aromatic carbocycles. The van der Waals surface area contributed by atoms with E-state index < -0.39 is 10.0 Å². The summed E-state index contributed by atoms with van der Waals surface area (Å²) in [5, 5.41) is 7.24.